The van der Waals surface area contributed by atoms with Gasteiger partial charge in [0.15, 0.2) is 0 Å². The summed E-state index contributed by atoms with van der Waals surface area (Å²) < 4.78 is 5.85. The third-order valence-corrected chi connectivity index (χ3v) is 4.42. The highest BCUT2D eigenvalue weighted by atomic mass is 35.5. The summed E-state index contributed by atoms with van der Waals surface area (Å²) in [5.41, 5.74) is 1.30. The maximum absolute atomic E-state index is 6.14. The topological polar surface area (TPSA) is 9.23 Å². The molecule has 0 saturated carbocycles. The molecule has 0 aliphatic heterocycles. The van der Waals surface area contributed by atoms with Crippen molar-refractivity contribution in [3.63, 3.8) is 0 Å². The van der Waals surface area contributed by atoms with Gasteiger partial charge in [0.05, 0.1) is 11.6 Å². The van der Waals surface area contributed by atoms with Crippen LogP contribution in [0.25, 0.3) is 0 Å². The first-order valence-electron chi connectivity index (χ1n) is 6.06. The second-order valence-corrected chi connectivity index (χ2v) is 5.31. The second kappa shape index (κ2) is 6.55. The molecule has 0 aromatic heterocycles. The molecular weight excluding hydrogens is 252 g/mol. The van der Waals surface area contributed by atoms with Crippen LogP contribution in [0.5, 0.6) is 5.75 Å². The van der Waals surface area contributed by atoms with Crippen molar-refractivity contribution in [2.45, 2.75) is 33.6 Å². The fourth-order valence-electron chi connectivity index (χ4n) is 1.68. The number of thiol groups is 1. The third-order valence-electron chi connectivity index (χ3n) is 3.46. The van der Waals surface area contributed by atoms with Crippen LogP contribution in [-0.4, -0.2) is 12.4 Å². The Balaban J connectivity index is 2.72. The molecule has 1 nitrogen and oxygen atoms in total. The quantitative estimate of drug-likeness (QED) is 0.735. The van der Waals surface area contributed by atoms with E-state index < -0.39 is 0 Å². The van der Waals surface area contributed by atoms with Gasteiger partial charge in [-0.3, -0.25) is 0 Å². The minimum atomic E-state index is 0.150. The lowest BCUT2D eigenvalue weighted by Crippen LogP contribution is -2.29. The number of benzene rings is 1. The number of rotatable bonds is 6. The molecule has 1 aromatic rings. The highest BCUT2D eigenvalue weighted by Gasteiger charge is 2.25. The summed E-state index contributed by atoms with van der Waals surface area (Å²) in [6, 6.07) is 5.88. The van der Waals surface area contributed by atoms with Crippen LogP contribution >= 0.6 is 24.2 Å². The molecule has 0 unspecified atom stereocenters. The van der Waals surface area contributed by atoms with Gasteiger partial charge in [-0.05, 0) is 43.2 Å². The molecule has 0 spiro atoms. The zero-order valence-corrected chi connectivity index (χ0v) is 12.4. The molecule has 1 aromatic carbocycles. The Morgan fingerprint density at radius 1 is 1.29 bits per heavy atom. The molecule has 0 amide bonds. The molecule has 1 rings (SSSR count). The van der Waals surface area contributed by atoms with E-state index in [1.54, 1.807) is 0 Å². The SMILES string of the molecule is CCC(CC)(CS)COc1ccc(C)cc1Cl. The van der Waals surface area contributed by atoms with E-state index in [2.05, 4.69) is 26.5 Å². The van der Waals surface area contributed by atoms with Crippen molar-refractivity contribution in [3.05, 3.63) is 28.8 Å². The fraction of sp³-hybridized carbons (Fsp3) is 0.571. The molecule has 0 bridgehead atoms. The molecule has 0 aliphatic carbocycles. The van der Waals surface area contributed by atoms with Crippen LogP contribution in [0, 0.1) is 12.3 Å². The Morgan fingerprint density at radius 2 is 1.94 bits per heavy atom. The highest BCUT2D eigenvalue weighted by Crippen LogP contribution is 2.31. The van der Waals surface area contributed by atoms with E-state index in [0.717, 1.165) is 29.9 Å². The summed E-state index contributed by atoms with van der Waals surface area (Å²) >= 11 is 10.6. The van der Waals surface area contributed by atoms with Gasteiger partial charge in [-0.15, -0.1) is 0 Å². The lowest BCUT2D eigenvalue weighted by atomic mass is 9.85. The first-order chi connectivity index (χ1) is 8.06. The minimum absolute atomic E-state index is 0.150. The Morgan fingerprint density at radius 3 is 2.41 bits per heavy atom. The van der Waals surface area contributed by atoms with E-state index in [0.29, 0.717) is 11.6 Å². The van der Waals surface area contributed by atoms with Crippen molar-refractivity contribution in [2.24, 2.45) is 5.41 Å². The third kappa shape index (κ3) is 3.82. The van der Waals surface area contributed by atoms with Crippen molar-refractivity contribution in [3.8, 4) is 5.75 Å². The number of hydrogen-bond acceptors (Lipinski definition) is 2. The standard InChI is InChI=1S/C14H21ClOS/c1-4-14(5-2,10-17)9-16-13-7-6-11(3)8-12(13)15/h6-8,17H,4-5,9-10H2,1-3H3. The van der Waals surface area contributed by atoms with Crippen molar-refractivity contribution in [1.29, 1.82) is 0 Å². The van der Waals surface area contributed by atoms with Gasteiger partial charge in [-0.1, -0.05) is 31.5 Å². The molecule has 3 heteroatoms. The van der Waals surface area contributed by atoms with E-state index in [9.17, 15) is 0 Å². The number of aryl methyl sites for hydroxylation is 1. The molecule has 0 radical (unpaired) electrons. The number of hydrogen-bond donors (Lipinski definition) is 1. The average Bonchev–Trinajstić information content (AvgIpc) is 2.33. The van der Waals surface area contributed by atoms with Crippen molar-refractivity contribution in [1.82, 2.24) is 0 Å². The van der Waals surface area contributed by atoms with Gasteiger partial charge in [0, 0.05) is 5.41 Å². The lowest BCUT2D eigenvalue weighted by Gasteiger charge is -2.29. The molecule has 0 N–H and O–H groups in total. The summed E-state index contributed by atoms with van der Waals surface area (Å²) in [5, 5.41) is 0.685. The zero-order chi connectivity index (χ0) is 12.9. The summed E-state index contributed by atoms with van der Waals surface area (Å²) in [5.74, 6) is 1.61. The highest BCUT2D eigenvalue weighted by molar-refractivity contribution is 7.80. The van der Waals surface area contributed by atoms with E-state index in [1.165, 1.54) is 0 Å². The predicted octanol–water partition coefficient (Wildman–Crippen LogP) is 4.76. The molecule has 96 valence electrons. The number of halogens is 1. The van der Waals surface area contributed by atoms with Gasteiger partial charge in [-0.25, -0.2) is 0 Å². The van der Waals surface area contributed by atoms with Crippen molar-refractivity contribution in [2.75, 3.05) is 12.4 Å². The summed E-state index contributed by atoms with van der Waals surface area (Å²) in [4.78, 5) is 0. The normalized spacial score (nSPS) is 11.6. The smallest absolute Gasteiger partial charge is 0.137 e. The summed E-state index contributed by atoms with van der Waals surface area (Å²) in [6.07, 6.45) is 2.13. The minimum Gasteiger partial charge on any atom is -0.491 e. The first kappa shape index (κ1) is 14.7. The van der Waals surface area contributed by atoms with Crippen LogP contribution < -0.4 is 4.74 Å². The van der Waals surface area contributed by atoms with Crippen LogP contribution in [0.15, 0.2) is 18.2 Å². The molecule has 0 atom stereocenters. The molecule has 0 aliphatic rings. The second-order valence-electron chi connectivity index (χ2n) is 4.59. The van der Waals surface area contributed by atoms with Crippen LogP contribution in [0.3, 0.4) is 0 Å². The maximum Gasteiger partial charge on any atom is 0.137 e. The van der Waals surface area contributed by atoms with E-state index >= 15 is 0 Å². The zero-order valence-electron chi connectivity index (χ0n) is 10.8. The molecule has 0 fully saturated rings. The van der Waals surface area contributed by atoms with Crippen LogP contribution in [-0.2, 0) is 0 Å². The van der Waals surface area contributed by atoms with Gasteiger partial charge in [0.1, 0.15) is 5.75 Å². The Hall–Kier alpha value is -0.340. The Bertz CT molecular complexity index is 353. The molecule has 17 heavy (non-hydrogen) atoms. The van der Waals surface area contributed by atoms with Crippen LogP contribution in [0.4, 0.5) is 0 Å². The van der Waals surface area contributed by atoms with Gasteiger partial charge in [0.2, 0.25) is 0 Å². The fourth-order valence-corrected chi connectivity index (χ4v) is 2.51. The van der Waals surface area contributed by atoms with Crippen molar-refractivity contribution >= 4 is 24.2 Å². The van der Waals surface area contributed by atoms with E-state index in [4.69, 9.17) is 16.3 Å². The van der Waals surface area contributed by atoms with Crippen LogP contribution in [0.1, 0.15) is 32.3 Å². The Kier molecular flexibility index (Phi) is 5.68. The van der Waals surface area contributed by atoms with E-state index in [-0.39, 0.29) is 5.41 Å². The predicted molar refractivity (Wildman–Crippen MR) is 78.6 cm³/mol. The first-order valence-corrected chi connectivity index (χ1v) is 7.07. The number of ether oxygens (including phenoxy) is 1. The van der Waals surface area contributed by atoms with E-state index in [1.807, 2.05) is 25.1 Å². The van der Waals surface area contributed by atoms with Crippen molar-refractivity contribution < 1.29 is 4.74 Å². The summed E-state index contributed by atoms with van der Waals surface area (Å²) in [6.45, 7) is 7.05. The van der Waals surface area contributed by atoms with Gasteiger partial charge in [-0.2, -0.15) is 12.6 Å². The molecular formula is C14H21ClOS. The Labute approximate surface area is 115 Å². The van der Waals surface area contributed by atoms with Crippen LogP contribution in [0.2, 0.25) is 5.02 Å². The van der Waals surface area contributed by atoms with Gasteiger partial charge < -0.3 is 4.74 Å². The molecule has 0 heterocycles. The summed E-state index contributed by atoms with van der Waals surface area (Å²) in [7, 11) is 0. The van der Waals surface area contributed by atoms with Gasteiger partial charge >= 0.3 is 0 Å². The average molecular weight is 273 g/mol. The van der Waals surface area contributed by atoms with Gasteiger partial charge in [0.25, 0.3) is 0 Å². The molecule has 0 saturated heterocycles. The largest absolute Gasteiger partial charge is 0.491 e. The maximum atomic E-state index is 6.14. The lowest BCUT2D eigenvalue weighted by molar-refractivity contribution is 0.157. The monoisotopic (exact) mass is 272 g/mol.